The molecule has 0 radical (unpaired) electrons. The first-order chi connectivity index (χ1) is 14.6. The van der Waals surface area contributed by atoms with Crippen LogP contribution in [-0.4, -0.2) is 66.3 Å². The summed E-state index contributed by atoms with van der Waals surface area (Å²) in [4.78, 5) is 30.7. The van der Waals surface area contributed by atoms with Gasteiger partial charge in [-0.2, -0.15) is 13.2 Å². The molecule has 0 atom stereocenters. The van der Waals surface area contributed by atoms with Crippen LogP contribution in [0.5, 0.6) is 0 Å². The Labute approximate surface area is 184 Å². The second-order valence-electron chi connectivity index (χ2n) is 7.86. The smallest absolute Gasteiger partial charge is 0.341 e. The lowest BCUT2D eigenvalue weighted by Crippen LogP contribution is -2.48. The normalized spacial score (nSPS) is 15.4. The summed E-state index contributed by atoms with van der Waals surface area (Å²) >= 11 is 1.34. The summed E-state index contributed by atoms with van der Waals surface area (Å²) in [6, 6.07) is 9.12. The van der Waals surface area contributed by atoms with Gasteiger partial charge in [-0.15, -0.1) is 11.3 Å². The molecule has 2 heterocycles. The second-order valence-corrected chi connectivity index (χ2v) is 8.81. The molecule has 31 heavy (non-hydrogen) atoms. The molecule has 0 spiro atoms. The zero-order valence-electron chi connectivity index (χ0n) is 17.6. The van der Waals surface area contributed by atoms with Crippen LogP contribution in [0.3, 0.4) is 0 Å². The lowest BCUT2D eigenvalue weighted by Gasteiger charge is -2.37. The molecule has 1 aliphatic rings. The number of piperidine rings is 1. The maximum absolute atomic E-state index is 12.9. The van der Waals surface area contributed by atoms with Crippen LogP contribution < -0.4 is 0 Å². The van der Waals surface area contributed by atoms with Crippen LogP contribution in [0.25, 0.3) is 0 Å². The van der Waals surface area contributed by atoms with Gasteiger partial charge >= 0.3 is 6.18 Å². The first-order valence-corrected chi connectivity index (χ1v) is 11.0. The van der Waals surface area contributed by atoms with Crippen LogP contribution >= 0.6 is 11.3 Å². The highest BCUT2D eigenvalue weighted by Gasteiger charge is 2.31. The van der Waals surface area contributed by atoms with Gasteiger partial charge in [0.05, 0.1) is 17.0 Å². The third-order valence-electron chi connectivity index (χ3n) is 5.58. The first kappa shape index (κ1) is 23.3. The number of rotatable bonds is 6. The molecular formula is C22H26F3N3O2S. The van der Waals surface area contributed by atoms with E-state index in [1.165, 1.54) is 28.4 Å². The number of benzene rings is 1. The summed E-state index contributed by atoms with van der Waals surface area (Å²) in [6.45, 7) is 1.58. The monoisotopic (exact) mass is 453 g/mol. The Morgan fingerprint density at radius 3 is 2.45 bits per heavy atom. The Kier molecular flexibility index (Phi) is 7.38. The van der Waals surface area contributed by atoms with Crippen molar-refractivity contribution < 1.29 is 22.8 Å². The van der Waals surface area contributed by atoms with E-state index in [9.17, 15) is 22.8 Å². The van der Waals surface area contributed by atoms with Crippen LogP contribution in [0.4, 0.5) is 13.2 Å². The number of carbonyl (C=O) groups excluding carboxylic acids is 2. The van der Waals surface area contributed by atoms with Crippen LogP contribution in [0.1, 0.15) is 33.6 Å². The number of halogens is 3. The number of likely N-dealkylation sites (tertiary alicyclic amines) is 1. The van der Waals surface area contributed by atoms with Gasteiger partial charge in [0.15, 0.2) is 0 Å². The van der Waals surface area contributed by atoms with Crippen molar-refractivity contribution in [2.24, 2.45) is 0 Å². The molecule has 9 heteroatoms. The quantitative estimate of drug-likeness (QED) is 0.665. The van der Waals surface area contributed by atoms with Crippen molar-refractivity contribution >= 4 is 23.2 Å². The van der Waals surface area contributed by atoms with E-state index in [0.29, 0.717) is 30.1 Å². The molecule has 0 unspecified atom stereocenters. The summed E-state index contributed by atoms with van der Waals surface area (Å²) in [5.41, 5.74) is -0.0235. The minimum Gasteiger partial charge on any atom is -0.341 e. The maximum Gasteiger partial charge on any atom is 0.416 e. The van der Waals surface area contributed by atoms with Crippen LogP contribution in [-0.2, 0) is 17.5 Å². The Balaban J connectivity index is 1.48. The number of nitrogens with zero attached hydrogens (tertiary/aromatic N) is 3. The van der Waals surface area contributed by atoms with Crippen molar-refractivity contribution in [2.75, 3.05) is 33.7 Å². The highest BCUT2D eigenvalue weighted by Crippen LogP contribution is 2.30. The van der Waals surface area contributed by atoms with Gasteiger partial charge in [-0.1, -0.05) is 24.3 Å². The molecule has 1 aliphatic heterocycles. The summed E-state index contributed by atoms with van der Waals surface area (Å²) in [5.74, 6) is -0.259. The van der Waals surface area contributed by atoms with Crippen molar-refractivity contribution in [1.29, 1.82) is 0 Å². The largest absolute Gasteiger partial charge is 0.416 e. The zero-order valence-corrected chi connectivity index (χ0v) is 18.4. The number of amides is 2. The Hall–Kier alpha value is -2.39. The fraction of sp³-hybridized carbons (Fsp3) is 0.455. The summed E-state index contributed by atoms with van der Waals surface area (Å²) in [6.07, 6.45) is -2.87. The average molecular weight is 454 g/mol. The summed E-state index contributed by atoms with van der Waals surface area (Å²) in [5, 5.41) is 1.82. The molecule has 0 N–H and O–H groups in total. The molecule has 1 aromatic heterocycles. The van der Waals surface area contributed by atoms with Crippen LogP contribution in [0.2, 0.25) is 0 Å². The lowest BCUT2D eigenvalue weighted by molar-refractivity contribution is -0.137. The molecular weight excluding hydrogens is 427 g/mol. The molecule has 0 saturated carbocycles. The lowest BCUT2D eigenvalue weighted by atomic mass is 10.0. The van der Waals surface area contributed by atoms with E-state index in [0.717, 1.165) is 18.9 Å². The molecule has 1 saturated heterocycles. The fourth-order valence-corrected chi connectivity index (χ4v) is 4.50. The molecule has 2 amide bonds. The van der Waals surface area contributed by atoms with E-state index in [1.54, 1.807) is 30.1 Å². The van der Waals surface area contributed by atoms with Crippen molar-refractivity contribution in [2.45, 2.75) is 31.6 Å². The fourth-order valence-electron chi connectivity index (χ4n) is 3.78. The maximum atomic E-state index is 12.9. The van der Waals surface area contributed by atoms with Crippen molar-refractivity contribution in [1.82, 2.24) is 14.7 Å². The Morgan fingerprint density at radius 2 is 1.84 bits per heavy atom. The third-order valence-corrected chi connectivity index (χ3v) is 6.44. The number of hydrogen-bond donors (Lipinski definition) is 0. The predicted molar refractivity (Wildman–Crippen MR) is 114 cm³/mol. The molecule has 0 aliphatic carbocycles. The molecule has 1 fully saturated rings. The number of carbonyl (C=O) groups is 2. The van der Waals surface area contributed by atoms with Crippen molar-refractivity contribution in [3.8, 4) is 0 Å². The molecule has 3 rings (SSSR count). The van der Waals surface area contributed by atoms with Crippen LogP contribution in [0.15, 0.2) is 41.8 Å². The third kappa shape index (κ3) is 6.07. The van der Waals surface area contributed by atoms with Gasteiger partial charge < -0.3 is 9.80 Å². The Bertz CT molecular complexity index is 894. The van der Waals surface area contributed by atoms with E-state index in [1.807, 2.05) is 17.3 Å². The van der Waals surface area contributed by atoms with E-state index >= 15 is 0 Å². The number of thiophene rings is 1. The number of likely N-dealkylation sites (N-methyl/N-ethyl adjacent to an activating group) is 1. The van der Waals surface area contributed by atoms with E-state index in [-0.39, 0.29) is 24.4 Å². The van der Waals surface area contributed by atoms with Gasteiger partial charge in [0, 0.05) is 32.7 Å². The predicted octanol–water partition coefficient (Wildman–Crippen LogP) is 3.96. The second kappa shape index (κ2) is 9.82. The molecule has 2 aromatic rings. The van der Waals surface area contributed by atoms with Crippen molar-refractivity contribution in [3.05, 3.63) is 57.8 Å². The van der Waals surface area contributed by atoms with E-state index in [2.05, 4.69) is 0 Å². The summed E-state index contributed by atoms with van der Waals surface area (Å²) in [7, 11) is 3.52. The van der Waals surface area contributed by atoms with Gasteiger partial charge in [0.1, 0.15) is 0 Å². The van der Waals surface area contributed by atoms with Crippen molar-refractivity contribution in [3.63, 3.8) is 0 Å². The first-order valence-electron chi connectivity index (χ1n) is 10.1. The van der Waals surface area contributed by atoms with E-state index < -0.39 is 11.7 Å². The minimum atomic E-state index is -4.35. The molecule has 5 nitrogen and oxygen atoms in total. The zero-order chi connectivity index (χ0) is 22.6. The number of alkyl halides is 3. The SMILES string of the molecule is CN(CC(=O)N1CCC(N(C)Cc2cccc(C(F)(F)F)c2)CC1)C(=O)c1cccs1. The van der Waals surface area contributed by atoms with Gasteiger partial charge in [-0.05, 0) is 43.0 Å². The van der Waals surface area contributed by atoms with Gasteiger partial charge in [0.2, 0.25) is 5.91 Å². The van der Waals surface area contributed by atoms with Gasteiger partial charge in [-0.3, -0.25) is 14.5 Å². The summed E-state index contributed by atoms with van der Waals surface area (Å²) < 4.78 is 38.8. The minimum absolute atomic E-state index is 0.0292. The molecule has 168 valence electrons. The highest BCUT2D eigenvalue weighted by atomic mass is 32.1. The molecule has 1 aromatic carbocycles. The molecule has 0 bridgehead atoms. The standard InChI is InChI=1S/C22H26F3N3O2S/c1-26(14-16-5-3-6-17(13-16)22(23,24)25)18-8-10-28(11-9-18)20(29)15-27(2)21(30)19-7-4-12-31-19/h3-7,12-13,18H,8-11,14-15H2,1-2H3. The topological polar surface area (TPSA) is 43.9 Å². The Morgan fingerprint density at radius 1 is 1.13 bits per heavy atom. The number of hydrogen-bond acceptors (Lipinski definition) is 4. The van der Waals surface area contributed by atoms with E-state index in [4.69, 9.17) is 0 Å². The highest BCUT2D eigenvalue weighted by molar-refractivity contribution is 7.12. The van der Waals surface area contributed by atoms with Gasteiger partial charge in [-0.25, -0.2) is 0 Å². The average Bonchev–Trinajstić information content (AvgIpc) is 3.27. The van der Waals surface area contributed by atoms with Crippen LogP contribution in [0, 0.1) is 0 Å². The van der Waals surface area contributed by atoms with Gasteiger partial charge in [0.25, 0.3) is 5.91 Å².